The first-order chi connectivity index (χ1) is 17.3. The number of carbonyl (C=O) groups excluding carboxylic acids is 1. The fraction of sp³-hybridized carbons (Fsp3) is 0.233. The minimum absolute atomic E-state index is 0.206. The largest absolute Gasteiger partial charge is 0.496 e. The van der Waals surface area contributed by atoms with Crippen LogP contribution in [0.15, 0.2) is 59.2 Å². The second kappa shape index (κ2) is 10.2. The zero-order chi connectivity index (χ0) is 26.0. The summed E-state index contributed by atoms with van der Waals surface area (Å²) in [5, 5.41) is 3.87. The van der Waals surface area contributed by atoms with Crippen LogP contribution in [0.2, 0.25) is 0 Å². The Kier molecular flexibility index (Phi) is 7.06. The van der Waals surface area contributed by atoms with Gasteiger partial charge in [0.25, 0.3) is 0 Å². The molecule has 0 bridgehead atoms. The van der Waals surface area contributed by atoms with Crippen molar-refractivity contribution in [1.82, 2.24) is 0 Å². The molecule has 0 saturated heterocycles. The maximum Gasteiger partial charge on any atom is 0.248 e. The van der Waals surface area contributed by atoms with Crippen molar-refractivity contribution >= 4 is 28.1 Å². The van der Waals surface area contributed by atoms with E-state index >= 15 is 0 Å². The highest BCUT2D eigenvalue weighted by Crippen LogP contribution is 2.42. The highest BCUT2D eigenvalue weighted by atomic mass is 16.5. The van der Waals surface area contributed by atoms with Crippen LogP contribution in [-0.2, 0) is 4.79 Å². The number of carbonyl (C=O) groups is 1. The van der Waals surface area contributed by atoms with Crippen LogP contribution in [-0.4, -0.2) is 27.2 Å². The number of rotatable bonds is 7. The van der Waals surface area contributed by atoms with Crippen molar-refractivity contribution in [2.45, 2.75) is 27.7 Å². The van der Waals surface area contributed by atoms with Crippen molar-refractivity contribution in [3.63, 3.8) is 0 Å². The van der Waals surface area contributed by atoms with Gasteiger partial charge in [-0.15, -0.1) is 0 Å². The average molecular weight is 486 g/mol. The molecule has 1 heterocycles. The number of amides is 1. The Morgan fingerprint density at radius 1 is 0.889 bits per heavy atom. The number of benzene rings is 3. The van der Waals surface area contributed by atoms with E-state index in [-0.39, 0.29) is 5.91 Å². The van der Waals surface area contributed by atoms with Crippen LogP contribution in [0.25, 0.3) is 27.7 Å². The number of aryl methyl sites for hydroxylation is 3. The Labute approximate surface area is 211 Å². The fourth-order valence-corrected chi connectivity index (χ4v) is 4.37. The molecule has 1 N–H and O–H groups in total. The average Bonchev–Trinajstić information content (AvgIpc) is 3.30. The molecule has 0 spiro atoms. The third-order valence-corrected chi connectivity index (χ3v) is 6.49. The lowest BCUT2D eigenvalue weighted by molar-refractivity contribution is -0.111. The molecule has 0 fully saturated rings. The molecule has 6 nitrogen and oxygen atoms in total. The van der Waals surface area contributed by atoms with Crippen molar-refractivity contribution in [2.24, 2.45) is 0 Å². The van der Waals surface area contributed by atoms with Gasteiger partial charge in [-0.25, -0.2) is 0 Å². The molecular weight excluding hydrogens is 454 g/mol. The highest BCUT2D eigenvalue weighted by Gasteiger charge is 2.19. The standard InChI is InChI=1S/C30H31NO5/c1-17-8-10-22(12-18(17)2)31-28(32)13-19(3)23-15-24-25(16-36-30(24)20(4)29(23)35-7)21-9-11-26(33-5)27(14-21)34-6/h8-16H,1-7H3,(H,31,32)/b19-13+. The molecule has 36 heavy (non-hydrogen) atoms. The van der Waals surface area contributed by atoms with Crippen molar-refractivity contribution in [1.29, 1.82) is 0 Å². The van der Waals surface area contributed by atoms with Crippen LogP contribution < -0.4 is 19.5 Å². The Morgan fingerprint density at radius 2 is 1.64 bits per heavy atom. The Morgan fingerprint density at radius 3 is 2.31 bits per heavy atom. The molecule has 0 aliphatic rings. The number of fused-ring (bicyclic) bond motifs is 1. The van der Waals surface area contributed by atoms with Gasteiger partial charge >= 0.3 is 0 Å². The van der Waals surface area contributed by atoms with Gasteiger partial charge < -0.3 is 23.9 Å². The molecule has 0 unspecified atom stereocenters. The first kappa shape index (κ1) is 24.9. The van der Waals surface area contributed by atoms with Crippen LogP contribution in [0.4, 0.5) is 5.69 Å². The third kappa shape index (κ3) is 4.67. The number of furan rings is 1. The first-order valence-corrected chi connectivity index (χ1v) is 11.7. The summed E-state index contributed by atoms with van der Waals surface area (Å²) >= 11 is 0. The van der Waals surface area contributed by atoms with Crippen LogP contribution in [0.1, 0.15) is 29.2 Å². The Balaban J connectivity index is 1.76. The molecule has 0 aliphatic heterocycles. The van der Waals surface area contributed by atoms with Crippen LogP contribution >= 0.6 is 0 Å². The van der Waals surface area contributed by atoms with Gasteiger partial charge in [0, 0.05) is 33.8 Å². The summed E-state index contributed by atoms with van der Waals surface area (Å²) in [7, 11) is 4.84. The molecule has 0 saturated carbocycles. The molecule has 1 amide bonds. The molecule has 6 heteroatoms. The number of hydrogen-bond acceptors (Lipinski definition) is 5. The van der Waals surface area contributed by atoms with E-state index in [1.165, 1.54) is 5.56 Å². The predicted octanol–water partition coefficient (Wildman–Crippen LogP) is 7.09. The molecule has 0 radical (unpaired) electrons. The number of ether oxygens (including phenoxy) is 3. The summed E-state index contributed by atoms with van der Waals surface area (Å²) in [5.74, 6) is 1.75. The minimum atomic E-state index is -0.206. The SMILES string of the molecule is COc1ccc(-c2coc3c(C)c(OC)c(/C(C)=C/C(=O)Nc4ccc(C)c(C)c4)cc23)cc1OC. The summed E-state index contributed by atoms with van der Waals surface area (Å²) in [6.45, 7) is 7.92. The van der Waals surface area contributed by atoms with Gasteiger partial charge in [0.05, 0.1) is 27.6 Å². The molecule has 0 aliphatic carbocycles. The number of allylic oxidation sites excluding steroid dienone is 1. The lowest BCUT2D eigenvalue weighted by atomic mass is 9.96. The zero-order valence-electron chi connectivity index (χ0n) is 21.7. The van der Waals surface area contributed by atoms with Crippen LogP contribution in [0, 0.1) is 20.8 Å². The summed E-state index contributed by atoms with van der Waals surface area (Å²) in [6, 6.07) is 13.6. The molecule has 3 aromatic carbocycles. The third-order valence-electron chi connectivity index (χ3n) is 6.49. The maximum absolute atomic E-state index is 12.8. The summed E-state index contributed by atoms with van der Waals surface area (Å²) in [6.07, 6.45) is 3.32. The second-order valence-electron chi connectivity index (χ2n) is 8.79. The van der Waals surface area contributed by atoms with Gasteiger partial charge in [-0.1, -0.05) is 12.1 Å². The molecule has 1 aromatic heterocycles. The van der Waals surface area contributed by atoms with Gasteiger partial charge in [-0.2, -0.15) is 0 Å². The van der Waals surface area contributed by atoms with Crippen molar-refractivity contribution < 1.29 is 23.4 Å². The minimum Gasteiger partial charge on any atom is -0.496 e. The molecular formula is C30H31NO5. The molecule has 4 rings (SSSR count). The van der Waals surface area contributed by atoms with Crippen LogP contribution in [0.5, 0.6) is 17.2 Å². The van der Waals surface area contributed by atoms with E-state index in [4.69, 9.17) is 18.6 Å². The number of anilines is 1. The van der Waals surface area contributed by atoms with E-state index < -0.39 is 0 Å². The number of nitrogens with one attached hydrogen (secondary N) is 1. The smallest absolute Gasteiger partial charge is 0.248 e. The summed E-state index contributed by atoms with van der Waals surface area (Å²) in [4.78, 5) is 12.8. The molecule has 0 atom stereocenters. The van der Waals surface area contributed by atoms with Gasteiger partial charge in [0.15, 0.2) is 11.5 Å². The monoisotopic (exact) mass is 485 g/mol. The summed E-state index contributed by atoms with van der Waals surface area (Å²) in [5.41, 5.74) is 8.08. The topological polar surface area (TPSA) is 69.9 Å². The normalized spacial score (nSPS) is 11.5. The van der Waals surface area contributed by atoms with Crippen molar-refractivity contribution in [2.75, 3.05) is 26.6 Å². The van der Waals surface area contributed by atoms with Crippen molar-refractivity contribution in [3.8, 4) is 28.4 Å². The van der Waals surface area contributed by atoms with E-state index in [0.29, 0.717) is 17.2 Å². The lowest BCUT2D eigenvalue weighted by Gasteiger charge is -2.14. The number of methoxy groups -OCH3 is 3. The fourth-order valence-electron chi connectivity index (χ4n) is 4.37. The van der Waals surface area contributed by atoms with E-state index in [2.05, 4.69) is 5.32 Å². The quantitative estimate of drug-likeness (QED) is 0.283. The zero-order valence-corrected chi connectivity index (χ0v) is 21.7. The predicted molar refractivity (Wildman–Crippen MR) is 144 cm³/mol. The van der Waals surface area contributed by atoms with Crippen molar-refractivity contribution in [3.05, 3.63) is 77.1 Å². The highest BCUT2D eigenvalue weighted by molar-refractivity contribution is 6.06. The van der Waals surface area contributed by atoms with Gasteiger partial charge in [-0.3, -0.25) is 4.79 Å². The van der Waals surface area contributed by atoms with E-state index in [1.807, 2.05) is 70.2 Å². The Bertz CT molecular complexity index is 1480. The number of hydrogen-bond donors (Lipinski definition) is 1. The molecule has 186 valence electrons. The summed E-state index contributed by atoms with van der Waals surface area (Å²) < 4.78 is 22.6. The van der Waals surface area contributed by atoms with E-state index in [1.54, 1.807) is 33.7 Å². The van der Waals surface area contributed by atoms with Gasteiger partial charge in [0.2, 0.25) is 5.91 Å². The second-order valence-corrected chi connectivity index (χ2v) is 8.79. The van der Waals surface area contributed by atoms with Gasteiger partial charge in [-0.05, 0) is 80.3 Å². The van der Waals surface area contributed by atoms with E-state index in [0.717, 1.165) is 50.0 Å². The lowest BCUT2D eigenvalue weighted by Crippen LogP contribution is -2.09. The van der Waals surface area contributed by atoms with E-state index in [9.17, 15) is 4.79 Å². The maximum atomic E-state index is 12.8. The van der Waals surface area contributed by atoms with Gasteiger partial charge in [0.1, 0.15) is 11.3 Å². The first-order valence-electron chi connectivity index (χ1n) is 11.7. The molecule has 4 aromatic rings. The Hall–Kier alpha value is -4.19. The van der Waals surface area contributed by atoms with Crippen LogP contribution in [0.3, 0.4) is 0 Å².